The standard InChI is InChI=1S/C29H30N6O2.C28H32N8O.C27H26N6O3/c36-27(23-12-13-23)31-29-30-26-9-4-8-25(35(26)32-29)22-10-14-24(15-11-22)28(37)34-17-5-16-33(18-19-34)20-21-6-2-1-3-7-21;1-19-30-14-18-34(19)15-11-20-12-16-35(17-13-20)26(29)22-7-5-21(6-8-22)24-3-2-4-25-31-28(33-36(24)25)32-27(37)23-9-10-23;34-25(19-8-9-19)30-27-29-24-5-1-4-23(33(24)31-27)18-6-10-20(11-7-18)26(35)32-15-12-21(13-16-32)36-22-3-2-14-28-17-22/h1-4,6-11,14-15,23H,5,12-13,16-20H2,(H,31,32,36);2-8,14,18,20,23,29H,9-13,15-17H2,1H3,(H,32,33,37);1-7,10-11,14,17,19,21H,8-9,12-13,15-16H2,(H,30,31,34). The number of benzene rings is 4. The Labute approximate surface area is 636 Å². The van der Waals surface area contributed by atoms with Gasteiger partial charge in [0.25, 0.3) is 11.8 Å². The van der Waals surface area contributed by atoms with Crippen molar-refractivity contribution in [1.82, 2.24) is 77.9 Å². The molecule has 3 aliphatic carbocycles. The van der Waals surface area contributed by atoms with Crippen LogP contribution in [0.3, 0.4) is 0 Å². The highest BCUT2D eigenvalue weighted by Crippen LogP contribution is 2.34. The number of amides is 5. The maximum absolute atomic E-state index is 13.3. The number of imidazole rings is 1. The number of hydrogen-bond donors (Lipinski definition) is 4. The minimum Gasteiger partial charge on any atom is -0.489 e. The Balaban J connectivity index is 0.000000125. The third kappa shape index (κ3) is 17.3. The van der Waals surface area contributed by atoms with E-state index in [2.05, 4.69) is 101 Å². The van der Waals surface area contributed by atoms with Crippen LogP contribution in [0.5, 0.6) is 5.75 Å². The lowest BCUT2D eigenvalue weighted by atomic mass is 9.93. The molecule has 4 aromatic carbocycles. The molecule has 3 aliphatic heterocycles. The predicted octanol–water partition coefficient (Wildman–Crippen LogP) is 12.3. The quantitative estimate of drug-likeness (QED) is 0.0432. The molecular weight excluding hydrogens is 1390 g/mol. The Morgan fingerprint density at radius 1 is 0.464 bits per heavy atom. The summed E-state index contributed by atoms with van der Waals surface area (Å²) in [5, 5.41) is 30.8. The number of aryl methyl sites for hydroxylation is 2. The maximum atomic E-state index is 13.3. The van der Waals surface area contributed by atoms with E-state index < -0.39 is 0 Å². The maximum Gasteiger partial charge on any atom is 0.253 e. The van der Waals surface area contributed by atoms with Gasteiger partial charge in [-0.2, -0.15) is 15.0 Å². The van der Waals surface area contributed by atoms with Gasteiger partial charge in [-0.25, -0.2) is 18.5 Å². The molecule has 26 heteroatoms. The molecule has 18 rings (SSSR count). The Morgan fingerprint density at radius 3 is 1.39 bits per heavy atom. The second kappa shape index (κ2) is 32.6. The third-order valence-corrected chi connectivity index (χ3v) is 21.4. The number of fused-ring (bicyclic) bond motifs is 3. The van der Waals surface area contributed by atoms with Gasteiger partial charge in [-0.1, -0.05) is 97.1 Å². The fourth-order valence-electron chi connectivity index (χ4n) is 14.5. The molecule has 560 valence electrons. The van der Waals surface area contributed by atoms with Crippen molar-refractivity contribution in [2.75, 3.05) is 68.3 Å². The first-order valence-corrected chi connectivity index (χ1v) is 38.4. The summed E-state index contributed by atoms with van der Waals surface area (Å²) in [6, 6.07) is 54.8. The summed E-state index contributed by atoms with van der Waals surface area (Å²) in [7, 11) is 0. The number of rotatable bonds is 19. The van der Waals surface area contributed by atoms with Crippen molar-refractivity contribution in [1.29, 1.82) is 5.41 Å². The Kier molecular flexibility index (Phi) is 21.3. The summed E-state index contributed by atoms with van der Waals surface area (Å²) in [4.78, 5) is 92.9. The van der Waals surface area contributed by atoms with Crippen LogP contribution in [0.25, 0.3) is 50.7 Å². The molecule has 0 bridgehead atoms. The van der Waals surface area contributed by atoms with E-state index in [9.17, 15) is 24.0 Å². The summed E-state index contributed by atoms with van der Waals surface area (Å²) in [6.07, 6.45) is 18.9. The van der Waals surface area contributed by atoms with E-state index in [0.29, 0.717) is 70.8 Å². The van der Waals surface area contributed by atoms with Crippen LogP contribution >= 0.6 is 0 Å². The molecule has 3 saturated heterocycles. The summed E-state index contributed by atoms with van der Waals surface area (Å²) in [5.74, 6) is 4.39. The lowest BCUT2D eigenvalue weighted by molar-refractivity contribution is -0.118. The van der Waals surface area contributed by atoms with Gasteiger partial charge in [0.1, 0.15) is 23.5 Å². The Bertz CT molecular complexity index is 5270. The van der Waals surface area contributed by atoms with E-state index in [1.807, 2.05) is 169 Å². The van der Waals surface area contributed by atoms with Crippen molar-refractivity contribution < 1.29 is 28.7 Å². The van der Waals surface area contributed by atoms with Crippen molar-refractivity contribution in [3.05, 3.63) is 223 Å². The van der Waals surface area contributed by atoms with E-state index in [-0.39, 0.29) is 53.4 Å². The second-order valence-electron chi connectivity index (χ2n) is 29.3. The highest BCUT2D eigenvalue weighted by atomic mass is 16.5. The van der Waals surface area contributed by atoms with Crippen LogP contribution in [0.2, 0.25) is 0 Å². The third-order valence-electron chi connectivity index (χ3n) is 21.4. The molecule has 6 fully saturated rings. The topological polar surface area (TPSA) is 289 Å². The van der Waals surface area contributed by atoms with Crippen LogP contribution in [0.4, 0.5) is 17.8 Å². The molecule has 26 nitrogen and oxygen atoms in total. The first kappa shape index (κ1) is 71.9. The van der Waals surface area contributed by atoms with Crippen molar-refractivity contribution in [3.8, 4) is 39.5 Å². The van der Waals surface area contributed by atoms with Gasteiger partial charge >= 0.3 is 0 Å². The van der Waals surface area contributed by atoms with Crippen molar-refractivity contribution in [2.45, 2.75) is 103 Å². The average Bonchev–Trinajstić information content (AvgIpc) is 1.05. The van der Waals surface area contributed by atoms with Crippen molar-refractivity contribution in [3.63, 3.8) is 0 Å². The van der Waals surface area contributed by atoms with E-state index in [1.54, 1.807) is 25.9 Å². The lowest BCUT2D eigenvalue weighted by Gasteiger charge is -2.34. The van der Waals surface area contributed by atoms with Gasteiger partial charge in [-0.3, -0.25) is 55.2 Å². The number of ether oxygens (including phenoxy) is 1. The molecule has 0 radical (unpaired) electrons. The van der Waals surface area contributed by atoms with Gasteiger partial charge in [0.15, 0.2) is 16.9 Å². The fraction of sp³-hybridized carbons (Fsp3) is 0.333. The van der Waals surface area contributed by atoms with Crippen molar-refractivity contribution in [2.24, 2.45) is 23.7 Å². The second-order valence-corrected chi connectivity index (χ2v) is 29.3. The Hall–Kier alpha value is -12.3. The SMILES string of the molecule is Cc1nccn1CCC1CCN(C(=N)c2ccc(-c3cccc4nc(NC(=O)C5CC5)nn34)cc2)CC1.O=C(Nc1nc2cccc(-c3ccc(C(=O)N4CCC(Oc5cccnc5)CC4)cc3)n2n1)C1CC1.O=C(Nc1nc2cccc(-c3ccc(C(=O)N4CCCN(Cc5ccccc5)CC4)cc3)n2n1)C1CC1. The number of hydrogen-bond acceptors (Lipinski definition) is 16. The average molecular weight is 1470 g/mol. The summed E-state index contributed by atoms with van der Waals surface area (Å²) < 4.78 is 13.4. The number of carbonyl (C=O) groups is 5. The van der Waals surface area contributed by atoms with Gasteiger partial charge < -0.3 is 24.0 Å². The molecular formula is C84H88N20O6. The predicted molar refractivity (Wildman–Crippen MR) is 418 cm³/mol. The van der Waals surface area contributed by atoms with Gasteiger partial charge in [0, 0.05) is 148 Å². The number of anilines is 3. The highest BCUT2D eigenvalue weighted by Gasteiger charge is 2.34. The molecule has 8 aromatic heterocycles. The molecule has 11 heterocycles. The molecule has 3 saturated carbocycles. The van der Waals surface area contributed by atoms with Crippen LogP contribution in [0, 0.1) is 36.0 Å². The number of pyridine rings is 4. The zero-order valence-corrected chi connectivity index (χ0v) is 61.5. The number of likely N-dealkylation sites (tertiary alicyclic amines) is 2. The van der Waals surface area contributed by atoms with Gasteiger partial charge in [0.2, 0.25) is 35.6 Å². The summed E-state index contributed by atoms with van der Waals surface area (Å²) >= 11 is 0. The first-order chi connectivity index (χ1) is 53.8. The number of amidine groups is 1. The molecule has 6 aliphatic rings. The first-order valence-electron chi connectivity index (χ1n) is 38.4. The molecule has 110 heavy (non-hydrogen) atoms. The van der Waals surface area contributed by atoms with Gasteiger partial charge in [-0.05, 0) is 155 Å². The van der Waals surface area contributed by atoms with Gasteiger partial charge in [-0.15, -0.1) is 15.3 Å². The zero-order valence-electron chi connectivity index (χ0n) is 61.5. The smallest absolute Gasteiger partial charge is 0.253 e. The number of nitrogens with one attached hydrogen (secondary N) is 4. The van der Waals surface area contributed by atoms with E-state index in [0.717, 1.165) is 180 Å². The van der Waals surface area contributed by atoms with E-state index in [1.165, 1.54) is 5.56 Å². The molecule has 0 spiro atoms. The van der Waals surface area contributed by atoms with Crippen LogP contribution in [-0.2, 0) is 27.5 Å². The van der Waals surface area contributed by atoms with Crippen molar-refractivity contribution >= 4 is 70.2 Å². The van der Waals surface area contributed by atoms with Crippen LogP contribution < -0.4 is 20.7 Å². The van der Waals surface area contributed by atoms with Crippen LogP contribution in [0.1, 0.15) is 115 Å². The monoisotopic (exact) mass is 1470 g/mol. The normalized spacial score (nSPS) is 16.3. The number of carbonyl (C=O) groups excluding carboxylic acids is 5. The summed E-state index contributed by atoms with van der Waals surface area (Å²) in [5.41, 5.74) is 10.9. The molecule has 0 unspecified atom stereocenters. The summed E-state index contributed by atoms with van der Waals surface area (Å²) in [6.45, 7) is 10.5. The number of piperidine rings is 2. The molecule has 12 aromatic rings. The number of aromatic nitrogens is 12. The zero-order chi connectivity index (χ0) is 75.0. The molecule has 5 amide bonds. The van der Waals surface area contributed by atoms with Crippen LogP contribution in [-0.4, -0.2) is 172 Å². The van der Waals surface area contributed by atoms with Gasteiger partial charge in [0.05, 0.1) is 23.3 Å². The largest absolute Gasteiger partial charge is 0.489 e. The van der Waals surface area contributed by atoms with Crippen LogP contribution in [0.15, 0.2) is 195 Å². The minimum atomic E-state index is -0.0250. The Morgan fingerprint density at radius 2 is 0.936 bits per heavy atom. The highest BCUT2D eigenvalue weighted by molar-refractivity contribution is 5.98. The van der Waals surface area contributed by atoms with E-state index in [4.69, 9.17) is 10.1 Å². The lowest BCUT2D eigenvalue weighted by Crippen LogP contribution is -2.41. The molecule has 4 N–H and O–H groups in total. The number of nitrogens with zero attached hydrogens (tertiary/aromatic N) is 16. The minimum absolute atomic E-state index is 0.00217. The molecule has 0 atom stereocenters. The fourth-order valence-corrected chi connectivity index (χ4v) is 14.5. The van der Waals surface area contributed by atoms with E-state index >= 15 is 0 Å².